The Kier molecular flexibility index (Phi) is 6.87. The molecule has 0 saturated carbocycles. The molecule has 13 heteroatoms. The normalized spacial score (nSPS) is 16.7. The number of sulfonamides is 1. The summed E-state index contributed by atoms with van der Waals surface area (Å²) in [7, 11) is -3.67. The molecule has 1 saturated heterocycles. The van der Waals surface area contributed by atoms with Crippen LogP contribution in [-0.4, -0.2) is 70.8 Å². The van der Waals surface area contributed by atoms with E-state index in [9.17, 15) is 13.2 Å². The molecule has 12 nitrogen and oxygen atoms in total. The van der Waals surface area contributed by atoms with E-state index in [4.69, 9.17) is 13.8 Å². The summed E-state index contributed by atoms with van der Waals surface area (Å²) in [6.07, 6.45) is -0.575. The number of hydrogen-bond donors (Lipinski definition) is 1. The van der Waals surface area contributed by atoms with E-state index in [1.807, 2.05) is 4.90 Å². The van der Waals surface area contributed by atoms with E-state index in [1.54, 1.807) is 48.5 Å². The maximum Gasteiger partial charge on any atom is 0.408 e. The molecule has 1 amide bonds. The lowest BCUT2D eigenvalue weighted by atomic mass is 10.1. The SMILES string of the molecule is Cc1noc(C)c1S(=O)(=O)N1CCN(Cc2nc(C(C)(C)NC(=O)OC(C)(C)C)no2)CC1. The largest absolute Gasteiger partial charge is 0.444 e. The number of aromatic nitrogens is 3. The molecule has 0 spiro atoms. The fourth-order valence-electron chi connectivity index (χ4n) is 3.48. The van der Waals surface area contributed by atoms with Gasteiger partial charge in [-0.1, -0.05) is 10.3 Å². The predicted octanol–water partition coefficient (Wildman–Crippen LogP) is 1.94. The molecule has 2 aromatic heterocycles. The Balaban J connectivity index is 1.58. The van der Waals surface area contributed by atoms with Gasteiger partial charge >= 0.3 is 6.09 Å². The van der Waals surface area contributed by atoms with Crippen molar-refractivity contribution >= 4 is 16.1 Å². The molecule has 1 aliphatic rings. The Bertz CT molecular complexity index is 1070. The molecule has 1 N–H and O–H groups in total. The number of piperazine rings is 1. The van der Waals surface area contributed by atoms with Crippen LogP contribution in [0.25, 0.3) is 0 Å². The summed E-state index contributed by atoms with van der Waals surface area (Å²) >= 11 is 0. The second-order valence-corrected chi connectivity index (χ2v) is 11.5. The Morgan fingerprint density at radius 2 is 1.70 bits per heavy atom. The zero-order chi connectivity index (χ0) is 24.6. The van der Waals surface area contributed by atoms with Gasteiger partial charge in [-0.2, -0.15) is 9.29 Å². The molecule has 1 aliphatic heterocycles. The number of amides is 1. The molecule has 0 radical (unpaired) electrons. The smallest absolute Gasteiger partial charge is 0.408 e. The first-order valence-corrected chi connectivity index (χ1v) is 12.1. The number of carbonyl (C=O) groups excluding carboxylic acids is 1. The molecule has 0 bridgehead atoms. The van der Waals surface area contributed by atoms with Crippen molar-refractivity contribution in [2.45, 2.75) is 71.0 Å². The molecule has 3 heterocycles. The lowest BCUT2D eigenvalue weighted by Crippen LogP contribution is -2.48. The fraction of sp³-hybridized carbons (Fsp3) is 0.700. The molecule has 0 unspecified atom stereocenters. The first-order valence-electron chi connectivity index (χ1n) is 10.7. The summed E-state index contributed by atoms with van der Waals surface area (Å²) < 4.78 is 43.1. The number of ether oxygens (including phenoxy) is 1. The molecular formula is C20H32N6O6S. The standard InChI is InChI=1S/C20H32N6O6S/c1-13-16(14(2)31-23-13)33(28,29)26-10-8-25(9-11-26)12-15-21-17(24-32-15)20(6,7)22-18(27)30-19(3,4)5/h8-12H2,1-7H3,(H,22,27). The number of nitrogens with one attached hydrogen (secondary N) is 1. The van der Waals surface area contributed by atoms with E-state index in [-0.39, 0.29) is 10.7 Å². The van der Waals surface area contributed by atoms with Crippen LogP contribution in [0.1, 0.15) is 57.8 Å². The molecule has 184 valence electrons. The van der Waals surface area contributed by atoms with Crippen molar-refractivity contribution in [3.8, 4) is 0 Å². The topological polar surface area (TPSA) is 144 Å². The van der Waals surface area contributed by atoms with E-state index in [0.717, 1.165) is 0 Å². The minimum Gasteiger partial charge on any atom is -0.444 e. The average molecular weight is 485 g/mol. The quantitative estimate of drug-likeness (QED) is 0.646. The Morgan fingerprint density at radius 1 is 1.06 bits per heavy atom. The zero-order valence-corrected chi connectivity index (χ0v) is 20.9. The summed E-state index contributed by atoms with van der Waals surface area (Å²) in [4.78, 5) is 18.7. The molecule has 3 rings (SSSR count). The van der Waals surface area contributed by atoms with E-state index >= 15 is 0 Å². The van der Waals surface area contributed by atoms with Crippen LogP contribution in [0.4, 0.5) is 4.79 Å². The Labute approximate surface area is 193 Å². The van der Waals surface area contributed by atoms with E-state index in [0.29, 0.717) is 50.1 Å². The first kappa shape index (κ1) is 25.1. The van der Waals surface area contributed by atoms with Gasteiger partial charge in [-0.15, -0.1) is 0 Å². The van der Waals surface area contributed by atoms with Crippen molar-refractivity contribution in [1.29, 1.82) is 0 Å². The van der Waals surface area contributed by atoms with Gasteiger partial charge in [0.05, 0.1) is 6.54 Å². The molecule has 0 atom stereocenters. The van der Waals surface area contributed by atoms with Gasteiger partial charge in [0, 0.05) is 26.2 Å². The van der Waals surface area contributed by atoms with Crippen LogP contribution in [0.15, 0.2) is 13.9 Å². The number of alkyl carbamates (subject to hydrolysis) is 1. The Morgan fingerprint density at radius 3 is 2.24 bits per heavy atom. The van der Waals surface area contributed by atoms with Gasteiger partial charge < -0.3 is 19.1 Å². The second-order valence-electron chi connectivity index (χ2n) is 9.60. The van der Waals surface area contributed by atoms with Crippen molar-refractivity contribution in [2.24, 2.45) is 0 Å². The molecule has 0 aliphatic carbocycles. The highest BCUT2D eigenvalue weighted by molar-refractivity contribution is 7.89. The van der Waals surface area contributed by atoms with Gasteiger partial charge in [0.15, 0.2) is 11.6 Å². The molecule has 33 heavy (non-hydrogen) atoms. The van der Waals surface area contributed by atoms with Crippen molar-refractivity contribution in [2.75, 3.05) is 26.2 Å². The minimum absolute atomic E-state index is 0.136. The van der Waals surface area contributed by atoms with E-state index in [1.165, 1.54) is 4.31 Å². The van der Waals surface area contributed by atoms with Gasteiger partial charge in [-0.3, -0.25) is 4.90 Å². The number of nitrogens with zero attached hydrogens (tertiary/aromatic N) is 5. The van der Waals surface area contributed by atoms with Crippen molar-refractivity contribution in [3.63, 3.8) is 0 Å². The molecule has 1 fully saturated rings. The number of aryl methyl sites for hydroxylation is 2. The van der Waals surface area contributed by atoms with Crippen LogP contribution >= 0.6 is 0 Å². The molecule has 0 aromatic carbocycles. The maximum absolute atomic E-state index is 13.0. The van der Waals surface area contributed by atoms with Crippen LogP contribution in [-0.2, 0) is 26.8 Å². The zero-order valence-electron chi connectivity index (χ0n) is 20.1. The van der Waals surface area contributed by atoms with Crippen molar-refractivity contribution in [1.82, 2.24) is 29.8 Å². The highest BCUT2D eigenvalue weighted by Gasteiger charge is 2.34. The van der Waals surface area contributed by atoms with Crippen LogP contribution < -0.4 is 5.32 Å². The number of carbonyl (C=O) groups is 1. The average Bonchev–Trinajstić information content (AvgIpc) is 3.27. The summed E-state index contributed by atoms with van der Waals surface area (Å²) in [5, 5.41) is 10.5. The third-order valence-corrected chi connectivity index (χ3v) is 7.24. The maximum atomic E-state index is 13.0. The number of hydrogen-bond acceptors (Lipinski definition) is 10. The lowest BCUT2D eigenvalue weighted by molar-refractivity contribution is 0.0465. The van der Waals surface area contributed by atoms with Gasteiger partial charge in [-0.05, 0) is 48.5 Å². The third-order valence-electron chi connectivity index (χ3n) is 5.10. The highest BCUT2D eigenvalue weighted by atomic mass is 32.2. The molecule has 2 aromatic rings. The van der Waals surface area contributed by atoms with Crippen molar-refractivity contribution < 1.29 is 27.0 Å². The van der Waals surface area contributed by atoms with Crippen LogP contribution in [0.5, 0.6) is 0 Å². The van der Waals surface area contributed by atoms with Crippen LogP contribution in [0, 0.1) is 13.8 Å². The summed E-state index contributed by atoms with van der Waals surface area (Å²) in [5.74, 6) is 0.991. The van der Waals surface area contributed by atoms with Crippen molar-refractivity contribution in [3.05, 3.63) is 23.2 Å². The summed E-state index contributed by atoms with van der Waals surface area (Å²) in [6.45, 7) is 14.1. The summed E-state index contributed by atoms with van der Waals surface area (Å²) in [6, 6.07) is 0. The molecular weight excluding hydrogens is 452 g/mol. The minimum atomic E-state index is -3.67. The van der Waals surface area contributed by atoms with Gasteiger partial charge in [-0.25, -0.2) is 13.2 Å². The fourth-order valence-corrected chi connectivity index (χ4v) is 5.19. The monoisotopic (exact) mass is 484 g/mol. The summed E-state index contributed by atoms with van der Waals surface area (Å²) in [5.41, 5.74) is -1.16. The number of rotatable bonds is 6. The van der Waals surface area contributed by atoms with E-state index in [2.05, 4.69) is 20.6 Å². The highest BCUT2D eigenvalue weighted by Crippen LogP contribution is 2.25. The van der Waals surface area contributed by atoms with E-state index < -0.39 is 27.3 Å². The Hall–Kier alpha value is -2.51. The second kappa shape index (κ2) is 9.03. The van der Waals surface area contributed by atoms with Crippen LogP contribution in [0.2, 0.25) is 0 Å². The predicted molar refractivity (Wildman–Crippen MR) is 117 cm³/mol. The lowest BCUT2D eigenvalue weighted by Gasteiger charge is -2.33. The third kappa shape index (κ3) is 5.89. The first-order chi connectivity index (χ1) is 15.2. The van der Waals surface area contributed by atoms with Crippen LogP contribution in [0.3, 0.4) is 0 Å². The van der Waals surface area contributed by atoms with Gasteiger partial charge in [0.25, 0.3) is 0 Å². The van der Waals surface area contributed by atoms with Gasteiger partial charge in [0.2, 0.25) is 15.9 Å². The van der Waals surface area contributed by atoms with Gasteiger partial charge in [0.1, 0.15) is 21.7 Å².